The minimum absolute atomic E-state index is 0.0513. The van der Waals surface area contributed by atoms with Crippen LogP contribution in [0.5, 0.6) is 11.5 Å². The number of benzene rings is 2. The molecule has 142 valence electrons. The van der Waals surface area contributed by atoms with Gasteiger partial charge in [0.15, 0.2) is 11.5 Å². The number of nitrogens with one attached hydrogen (secondary N) is 2. The van der Waals surface area contributed by atoms with E-state index < -0.39 is 0 Å². The molecule has 1 fully saturated rings. The second kappa shape index (κ2) is 7.76. The largest absolute Gasteiger partial charge is 0.493 e. The number of nitrogens with zero attached hydrogens (tertiary/aromatic N) is 1. The van der Waals surface area contributed by atoms with Gasteiger partial charge < -0.3 is 14.4 Å². The van der Waals surface area contributed by atoms with Crippen LogP contribution in [0.1, 0.15) is 5.56 Å². The molecule has 1 amide bonds. The first-order valence-electron chi connectivity index (χ1n) is 9.00. The molecule has 0 atom stereocenters. The molecule has 2 aromatic rings. The Morgan fingerprint density at radius 2 is 2.04 bits per heavy atom. The van der Waals surface area contributed by atoms with E-state index in [1.54, 1.807) is 7.11 Å². The average Bonchev–Trinajstić information content (AvgIpc) is 3.13. The molecule has 2 aliphatic rings. The van der Waals surface area contributed by atoms with Crippen molar-refractivity contribution in [3.63, 3.8) is 0 Å². The fraction of sp³-hybridized carbons (Fsp3) is 0.350. The Kier molecular flexibility index (Phi) is 5.20. The molecule has 4 rings (SSSR count). The number of carbonyl (C=O) groups excluding carboxylic acids is 1. The first kappa shape index (κ1) is 18.1. The third-order valence-corrected chi connectivity index (χ3v) is 5.20. The maximum absolute atomic E-state index is 12.9. The Bertz CT molecular complexity index is 852. The van der Waals surface area contributed by atoms with Gasteiger partial charge in [0.25, 0.3) is 0 Å². The van der Waals surface area contributed by atoms with Crippen molar-refractivity contribution in [3.8, 4) is 22.6 Å². The van der Waals surface area contributed by atoms with E-state index in [1.807, 2.05) is 35.2 Å². The number of hydrazine groups is 1. The molecule has 0 spiro atoms. The van der Waals surface area contributed by atoms with Gasteiger partial charge in [-0.1, -0.05) is 23.7 Å². The van der Waals surface area contributed by atoms with Crippen LogP contribution < -0.4 is 20.3 Å². The summed E-state index contributed by atoms with van der Waals surface area (Å²) >= 11 is 6.15. The van der Waals surface area contributed by atoms with Crippen molar-refractivity contribution >= 4 is 17.5 Å². The van der Waals surface area contributed by atoms with Gasteiger partial charge in [-0.2, -0.15) is 0 Å². The van der Waals surface area contributed by atoms with Gasteiger partial charge in [-0.25, -0.2) is 0 Å². The van der Waals surface area contributed by atoms with Crippen molar-refractivity contribution in [1.29, 1.82) is 0 Å². The van der Waals surface area contributed by atoms with Crippen molar-refractivity contribution in [1.82, 2.24) is 15.8 Å². The highest BCUT2D eigenvalue weighted by atomic mass is 35.5. The van der Waals surface area contributed by atoms with Gasteiger partial charge >= 0.3 is 0 Å². The smallest absolute Gasteiger partial charge is 0.228 e. The molecule has 0 saturated carbocycles. The van der Waals surface area contributed by atoms with Gasteiger partial charge in [0.2, 0.25) is 5.91 Å². The van der Waals surface area contributed by atoms with Crippen LogP contribution in [-0.4, -0.2) is 44.2 Å². The highest BCUT2D eigenvalue weighted by Gasteiger charge is 2.30. The summed E-state index contributed by atoms with van der Waals surface area (Å²) in [5, 5.41) is 0.677. The zero-order valence-electron chi connectivity index (χ0n) is 15.1. The van der Waals surface area contributed by atoms with Crippen LogP contribution in [0, 0.1) is 5.92 Å². The van der Waals surface area contributed by atoms with Crippen LogP contribution in [0.3, 0.4) is 0 Å². The third kappa shape index (κ3) is 3.74. The maximum Gasteiger partial charge on any atom is 0.228 e. The molecule has 0 bridgehead atoms. The lowest BCUT2D eigenvalue weighted by atomic mass is 10.0. The van der Waals surface area contributed by atoms with E-state index in [2.05, 4.69) is 16.9 Å². The summed E-state index contributed by atoms with van der Waals surface area (Å²) in [7, 11) is 1.63. The minimum Gasteiger partial charge on any atom is -0.493 e. The fourth-order valence-electron chi connectivity index (χ4n) is 3.55. The standard InChI is InChI=1S/C20H22ClN3O3/c1-26-18-9-14(13-3-2-4-17(21)8-13)7-15-12-24(5-6-27-19(15)18)20(25)16-10-22-23-11-16/h2-4,7-9,16,22-23H,5-6,10-12H2,1H3. The molecule has 6 nitrogen and oxygen atoms in total. The molecule has 7 heteroatoms. The Labute approximate surface area is 163 Å². The molecule has 0 unspecified atom stereocenters. The normalized spacial score (nSPS) is 17.2. The number of methoxy groups -OCH3 is 1. The van der Waals surface area contributed by atoms with E-state index in [4.69, 9.17) is 21.1 Å². The highest BCUT2D eigenvalue weighted by molar-refractivity contribution is 6.30. The first-order valence-corrected chi connectivity index (χ1v) is 9.37. The van der Waals surface area contributed by atoms with Gasteiger partial charge in [-0.15, -0.1) is 0 Å². The predicted molar refractivity (Wildman–Crippen MR) is 104 cm³/mol. The van der Waals surface area contributed by atoms with Gasteiger partial charge in [0.05, 0.1) is 19.6 Å². The van der Waals surface area contributed by atoms with Crippen LogP contribution in [0.2, 0.25) is 5.02 Å². The number of ether oxygens (including phenoxy) is 2. The molecule has 1 saturated heterocycles. The monoisotopic (exact) mass is 387 g/mol. The number of carbonyl (C=O) groups is 1. The van der Waals surface area contributed by atoms with Crippen LogP contribution in [0.4, 0.5) is 0 Å². The van der Waals surface area contributed by atoms with Crippen molar-refractivity contribution in [3.05, 3.63) is 47.0 Å². The molecular formula is C20H22ClN3O3. The number of halogens is 1. The van der Waals surface area contributed by atoms with E-state index in [-0.39, 0.29) is 11.8 Å². The topological polar surface area (TPSA) is 62.8 Å². The number of rotatable bonds is 3. The molecule has 2 heterocycles. The summed E-state index contributed by atoms with van der Waals surface area (Å²) in [5.74, 6) is 1.46. The van der Waals surface area contributed by atoms with E-state index in [9.17, 15) is 4.79 Å². The van der Waals surface area contributed by atoms with Crippen molar-refractivity contribution in [2.24, 2.45) is 5.92 Å². The van der Waals surface area contributed by atoms with E-state index in [1.165, 1.54) is 0 Å². The summed E-state index contributed by atoms with van der Waals surface area (Å²) in [6, 6.07) is 11.7. The summed E-state index contributed by atoms with van der Waals surface area (Å²) in [6.07, 6.45) is 0. The molecule has 0 radical (unpaired) electrons. The molecule has 27 heavy (non-hydrogen) atoms. The minimum atomic E-state index is -0.0513. The summed E-state index contributed by atoms with van der Waals surface area (Å²) in [6.45, 7) is 2.79. The SMILES string of the molecule is COc1cc(-c2cccc(Cl)c2)cc2c1OCCN(C(=O)C1CNNC1)C2. The van der Waals surface area contributed by atoms with E-state index >= 15 is 0 Å². The molecule has 2 N–H and O–H groups in total. The van der Waals surface area contributed by atoms with Gasteiger partial charge in [-0.05, 0) is 35.4 Å². The van der Waals surface area contributed by atoms with Crippen LogP contribution >= 0.6 is 11.6 Å². The van der Waals surface area contributed by atoms with Crippen molar-refractivity contribution < 1.29 is 14.3 Å². The number of hydrogen-bond acceptors (Lipinski definition) is 5. The van der Waals surface area contributed by atoms with E-state index in [0.29, 0.717) is 49.3 Å². The van der Waals surface area contributed by atoms with Crippen LogP contribution in [-0.2, 0) is 11.3 Å². The Balaban J connectivity index is 1.69. The zero-order valence-corrected chi connectivity index (χ0v) is 15.9. The first-order chi connectivity index (χ1) is 13.2. The average molecular weight is 388 g/mol. The molecular weight excluding hydrogens is 366 g/mol. The fourth-order valence-corrected chi connectivity index (χ4v) is 3.74. The molecule has 2 aliphatic heterocycles. The van der Waals surface area contributed by atoms with Crippen LogP contribution in [0.25, 0.3) is 11.1 Å². The van der Waals surface area contributed by atoms with Crippen molar-refractivity contribution in [2.75, 3.05) is 33.4 Å². The Morgan fingerprint density at radius 3 is 2.78 bits per heavy atom. The van der Waals surface area contributed by atoms with Crippen LogP contribution in [0.15, 0.2) is 36.4 Å². The molecule has 2 aromatic carbocycles. The second-order valence-corrected chi connectivity index (χ2v) is 7.18. The lowest BCUT2D eigenvalue weighted by Crippen LogP contribution is -2.39. The maximum atomic E-state index is 12.9. The Morgan fingerprint density at radius 1 is 1.22 bits per heavy atom. The van der Waals surface area contributed by atoms with Gasteiger partial charge in [0, 0.05) is 30.2 Å². The molecule has 0 aliphatic carbocycles. The summed E-state index contributed by atoms with van der Waals surface area (Å²) in [4.78, 5) is 14.7. The lowest BCUT2D eigenvalue weighted by molar-refractivity contribution is -0.135. The highest BCUT2D eigenvalue weighted by Crippen LogP contribution is 2.39. The zero-order chi connectivity index (χ0) is 18.8. The van der Waals surface area contributed by atoms with Gasteiger partial charge in [0.1, 0.15) is 6.61 Å². The quantitative estimate of drug-likeness (QED) is 0.847. The van der Waals surface area contributed by atoms with E-state index in [0.717, 1.165) is 16.7 Å². The third-order valence-electron chi connectivity index (χ3n) is 4.96. The summed E-state index contributed by atoms with van der Waals surface area (Å²) < 4.78 is 11.5. The number of fused-ring (bicyclic) bond motifs is 1. The number of amides is 1. The summed E-state index contributed by atoms with van der Waals surface area (Å²) in [5.41, 5.74) is 8.96. The predicted octanol–water partition coefficient (Wildman–Crippen LogP) is 2.46. The lowest BCUT2D eigenvalue weighted by Gasteiger charge is -2.23. The van der Waals surface area contributed by atoms with Gasteiger partial charge in [-0.3, -0.25) is 15.6 Å². The number of hydrogen-bond donors (Lipinski definition) is 2. The molecule has 0 aromatic heterocycles. The second-order valence-electron chi connectivity index (χ2n) is 6.74. The Hall–Kier alpha value is -2.28. The van der Waals surface area contributed by atoms with Crippen molar-refractivity contribution in [2.45, 2.75) is 6.54 Å².